The summed E-state index contributed by atoms with van der Waals surface area (Å²) in [6, 6.07) is 11.2. The van der Waals surface area contributed by atoms with Gasteiger partial charge in [0.1, 0.15) is 11.9 Å². The molecule has 34 heavy (non-hydrogen) atoms. The van der Waals surface area contributed by atoms with E-state index in [1.54, 1.807) is 19.1 Å². The van der Waals surface area contributed by atoms with Crippen molar-refractivity contribution >= 4 is 21.8 Å². The molecule has 0 saturated carbocycles. The van der Waals surface area contributed by atoms with E-state index in [-0.39, 0.29) is 17.3 Å². The molecule has 0 aliphatic carbocycles. The molecule has 0 bridgehead atoms. The fourth-order valence-electron chi connectivity index (χ4n) is 3.42. The van der Waals surface area contributed by atoms with Crippen molar-refractivity contribution in [1.29, 1.82) is 0 Å². The first-order chi connectivity index (χ1) is 15.7. The molecule has 0 heterocycles. The van der Waals surface area contributed by atoms with Crippen molar-refractivity contribution in [2.24, 2.45) is 0 Å². The van der Waals surface area contributed by atoms with Gasteiger partial charge in [-0.1, -0.05) is 36.8 Å². The topological polar surface area (TPSA) is 86.8 Å². The van der Waals surface area contributed by atoms with Crippen molar-refractivity contribution in [1.82, 2.24) is 14.5 Å². The maximum absolute atomic E-state index is 13.4. The molecule has 0 aromatic heterocycles. The van der Waals surface area contributed by atoms with Crippen LogP contribution in [-0.4, -0.2) is 54.6 Å². The number of hydrogen-bond donors (Lipinski definition) is 1. The van der Waals surface area contributed by atoms with Crippen LogP contribution in [0.3, 0.4) is 0 Å². The molecule has 0 aliphatic heterocycles. The van der Waals surface area contributed by atoms with Crippen LogP contribution in [0.15, 0.2) is 53.4 Å². The zero-order valence-corrected chi connectivity index (χ0v) is 21.4. The third kappa shape index (κ3) is 7.36. The van der Waals surface area contributed by atoms with E-state index in [1.165, 1.54) is 48.3 Å². The molecule has 9 heteroatoms. The average molecular weight is 492 g/mol. The highest BCUT2D eigenvalue weighted by Crippen LogP contribution is 2.18. The molecule has 186 valence electrons. The summed E-state index contributed by atoms with van der Waals surface area (Å²) in [6.07, 6.45) is 0.323. The van der Waals surface area contributed by atoms with E-state index in [2.05, 4.69) is 5.32 Å². The van der Waals surface area contributed by atoms with Gasteiger partial charge in [-0.05, 0) is 63.9 Å². The number of hydrogen-bond acceptors (Lipinski definition) is 4. The molecule has 0 spiro atoms. The Bertz CT molecular complexity index is 1090. The maximum Gasteiger partial charge on any atom is 0.243 e. The molecule has 7 nitrogen and oxygen atoms in total. The minimum absolute atomic E-state index is 0.0353. The van der Waals surface area contributed by atoms with Crippen molar-refractivity contribution in [3.05, 3.63) is 65.5 Å². The zero-order valence-electron chi connectivity index (χ0n) is 20.6. The highest BCUT2D eigenvalue weighted by atomic mass is 32.2. The van der Waals surface area contributed by atoms with Crippen LogP contribution < -0.4 is 5.32 Å². The SMILES string of the molecule is CC[C@H](C(=O)NC(C)(C)C)N(Cc1ccc(F)cc1)C(=O)CN(C)S(=O)(=O)c1ccc(C)cc1. The lowest BCUT2D eigenvalue weighted by Gasteiger charge is -2.34. The van der Waals surface area contributed by atoms with Crippen molar-refractivity contribution in [3.8, 4) is 0 Å². The van der Waals surface area contributed by atoms with E-state index < -0.39 is 39.9 Å². The molecule has 0 unspecified atom stereocenters. The van der Waals surface area contributed by atoms with Crippen LogP contribution in [0.4, 0.5) is 4.39 Å². The second-order valence-corrected chi connectivity index (χ2v) is 11.4. The van der Waals surface area contributed by atoms with Crippen LogP contribution in [0.2, 0.25) is 0 Å². The van der Waals surface area contributed by atoms with Crippen molar-refractivity contribution in [2.75, 3.05) is 13.6 Å². The summed E-state index contributed by atoms with van der Waals surface area (Å²) in [6.45, 7) is 8.74. The highest BCUT2D eigenvalue weighted by Gasteiger charge is 2.33. The number of sulfonamides is 1. The minimum atomic E-state index is -3.91. The van der Waals surface area contributed by atoms with Gasteiger partial charge in [-0.15, -0.1) is 0 Å². The molecule has 0 aliphatic rings. The Labute approximate surface area is 202 Å². The van der Waals surface area contributed by atoms with Gasteiger partial charge in [0.25, 0.3) is 0 Å². The summed E-state index contributed by atoms with van der Waals surface area (Å²) < 4.78 is 40.4. The third-order valence-corrected chi connectivity index (χ3v) is 7.05. The lowest BCUT2D eigenvalue weighted by Crippen LogP contribution is -2.55. The van der Waals surface area contributed by atoms with Crippen LogP contribution in [-0.2, 0) is 26.2 Å². The van der Waals surface area contributed by atoms with Gasteiger partial charge in [-0.25, -0.2) is 12.8 Å². The number of halogens is 1. The Kier molecular flexibility index (Phi) is 8.96. The second-order valence-electron chi connectivity index (χ2n) is 9.39. The summed E-state index contributed by atoms with van der Waals surface area (Å²) in [4.78, 5) is 27.8. The molecule has 0 saturated heterocycles. The summed E-state index contributed by atoms with van der Waals surface area (Å²) in [7, 11) is -2.58. The first-order valence-electron chi connectivity index (χ1n) is 11.1. The van der Waals surface area contributed by atoms with Gasteiger partial charge < -0.3 is 10.2 Å². The molecule has 2 aromatic carbocycles. The monoisotopic (exact) mass is 491 g/mol. The van der Waals surface area contributed by atoms with E-state index in [0.717, 1.165) is 9.87 Å². The number of carbonyl (C=O) groups is 2. The Morgan fingerprint density at radius 3 is 2.09 bits per heavy atom. The van der Waals surface area contributed by atoms with Crippen LogP contribution in [0.25, 0.3) is 0 Å². The predicted octanol–water partition coefficient (Wildman–Crippen LogP) is 3.48. The summed E-state index contributed by atoms with van der Waals surface area (Å²) >= 11 is 0. The fourth-order valence-corrected chi connectivity index (χ4v) is 4.54. The Morgan fingerprint density at radius 2 is 1.59 bits per heavy atom. The number of nitrogens with zero attached hydrogens (tertiary/aromatic N) is 2. The number of nitrogens with one attached hydrogen (secondary N) is 1. The number of amides is 2. The van der Waals surface area contributed by atoms with E-state index >= 15 is 0 Å². The highest BCUT2D eigenvalue weighted by molar-refractivity contribution is 7.89. The number of likely N-dealkylation sites (N-methyl/N-ethyl adjacent to an activating group) is 1. The number of benzene rings is 2. The van der Waals surface area contributed by atoms with Gasteiger partial charge in [-0.3, -0.25) is 9.59 Å². The summed E-state index contributed by atoms with van der Waals surface area (Å²) in [5, 5.41) is 2.89. The van der Waals surface area contributed by atoms with Crippen LogP contribution in [0, 0.1) is 12.7 Å². The van der Waals surface area contributed by atoms with Crippen molar-refractivity contribution in [2.45, 2.75) is 64.1 Å². The Hall–Kier alpha value is -2.78. The standard InChI is InChI=1S/C25H34FN3O4S/c1-7-22(24(31)27-25(3,4)5)29(16-19-10-12-20(26)13-11-19)23(30)17-28(6)34(32,33)21-14-8-18(2)9-15-21/h8-15,22H,7,16-17H2,1-6H3,(H,27,31)/t22-/m1/s1. The molecule has 1 N–H and O–H groups in total. The van der Waals surface area contributed by atoms with Gasteiger partial charge in [0.15, 0.2) is 0 Å². The smallest absolute Gasteiger partial charge is 0.243 e. The molecular formula is C25H34FN3O4S. The van der Waals surface area contributed by atoms with Gasteiger partial charge >= 0.3 is 0 Å². The number of rotatable bonds is 9. The van der Waals surface area contributed by atoms with E-state index in [1.807, 2.05) is 27.7 Å². The fraction of sp³-hybridized carbons (Fsp3) is 0.440. The average Bonchev–Trinajstić information content (AvgIpc) is 2.74. The van der Waals surface area contributed by atoms with Crippen LogP contribution in [0.1, 0.15) is 45.2 Å². The summed E-state index contributed by atoms with van der Waals surface area (Å²) in [5.74, 6) is -1.28. The van der Waals surface area contributed by atoms with E-state index in [0.29, 0.717) is 12.0 Å². The lowest BCUT2D eigenvalue weighted by atomic mass is 10.1. The Morgan fingerprint density at radius 1 is 1.03 bits per heavy atom. The number of carbonyl (C=O) groups excluding carboxylic acids is 2. The quantitative estimate of drug-likeness (QED) is 0.582. The van der Waals surface area contributed by atoms with Crippen molar-refractivity contribution in [3.63, 3.8) is 0 Å². The number of aryl methyl sites for hydroxylation is 1. The predicted molar refractivity (Wildman–Crippen MR) is 130 cm³/mol. The van der Waals surface area contributed by atoms with Crippen LogP contribution >= 0.6 is 0 Å². The lowest BCUT2D eigenvalue weighted by molar-refractivity contribution is -0.142. The van der Waals surface area contributed by atoms with Gasteiger partial charge in [0.05, 0.1) is 11.4 Å². The Balaban J connectivity index is 2.34. The molecule has 2 amide bonds. The van der Waals surface area contributed by atoms with E-state index in [4.69, 9.17) is 0 Å². The third-order valence-electron chi connectivity index (χ3n) is 5.24. The van der Waals surface area contributed by atoms with Gasteiger partial charge in [0.2, 0.25) is 21.8 Å². The first kappa shape index (κ1) is 27.5. The maximum atomic E-state index is 13.4. The first-order valence-corrected chi connectivity index (χ1v) is 12.6. The molecule has 2 aromatic rings. The zero-order chi connectivity index (χ0) is 25.7. The van der Waals surface area contributed by atoms with Gasteiger partial charge in [0, 0.05) is 19.1 Å². The van der Waals surface area contributed by atoms with Crippen LogP contribution in [0.5, 0.6) is 0 Å². The normalized spacial score (nSPS) is 12.9. The molecule has 2 rings (SSSR count). The van der Waals surface area contributed by atoms with E-state index in [9.17, 15) is 22.4 Å². The second kappa shape index (κ2) is 11.1. The molecule has 1 atom stereocenters. The largest absolute Gasteiger partial charge is 0.350 e. The van der Waals surface area contributed by atoms with Crippen molar-refractivity contribution < 1.29 is 22.4 Å². The van der Waals surface area contributed by atoms with Gasteiger partial charge in [-0.2, -0.15) is 4.31 Å². The molecule has 0 radical (unpaired) electrons. The molecular weight excluding hydrogens is 457 g/mol. The minimum Gasteiger partial charge on any atom is -0.350 e. The summed E-state index contributed by atoms with van der Waals surface area (Å²) in [5.41, 5.74) is 1.03. The molecule has 0 fully saturated rings.